The fourth-order valence-corrected chi connectivity index (χ4v) is 1.45. The maximum Gasteiger partial charge on any atom is 0.0709 e. The molecule has 1 N–H and O–H groups in total. The van der Waals surface area contributed by atoms with Crippen LogP contribution in [-0.2, 0) is 0 Å². The minimum absolute atomic E-state index is 0.0569. The van der Waals surface area contributed by atoms with E-state index in [1.807, 2.05) is 31.2 Å². The van der Waals surface area contributed by atoms with Crippen molar-refractivity contribution in [1.29, 1.82) is 0 Å². The first-order valence-corrected chi connectivity index (χ1v) is 5.29. The van der Waals surface area contributed by atoms with Gasteiger partial charge in [-0.1, -0.05) is 42.5 Å². The molecule has 76 valence electrons. The van der Waals surface area contributed by atoms with Crippen LogP contribution in [0.4, 0.5) is 0 Å². The van der Waals surface area contributed by atoms with Gasteiger partial charge < -0.3 is 5.32 Å². The Balaban J connectivity index is 2.32. The first kappa shape index (κ1) is 11.3. The Morgan fingerprint density at radius 2 is 2.07 bits per heavy atom. The first-order valence-electron chi connectivity index (χ1n) is 4.85. The van der Waals surface area contributed by atoms with E-state index in [-0.39, 0.29) is 5.38 Å². The number of allylic oxidation sites excluding steroid dienone is 1. The molecule has 1 rings (SSSR count). The molecule has 0 saturated heterocycles. The van der Waals surface area contributed by atoms with Crippen LogP contribution in [0.2, 0.25) is 0 Å². The summed E-state index contributed by atoms with van der Waals surface area (Å²) in [4.78, 5) is 0. The Morgan fingerprint density at radius 3 is 2.71 bits per heavy atom. The normalized spacial score (nSPS) is 13.3. The van der Waals surface area contributed by atoms with Crippen LogP contribution in [0.1, 0.15) is 17.9 Å². The van der Waals surface area contributed by atoms with Gasteiger partial charge in [-0.3, -0.25) is 0 Å². The van der Waals surface area contributed by atoms with Crippen LogP contribution >= 0.6 is 11.6 Å². The predicted octanol–water partition coefficient (Wildman–Crippen LogP) is 3.13. The van der Waals surface area contributed by atoms with Gasteiger partial charge in [-0.25, -0.2) is 0 Å². The van der Waals surface area contributed by atoms with Crippen molar-refractivity contribution < 1.29 is 0 Å². The average molecular weight is 210 g/mol. The van der Waals surface area contributed by atoms with Gasteiger partial charge in [0.25, 0.3) is 0 Å². The summed E-state index contributed by atoms with van der Waals surface area (Å²) in [5, 5.41) is 3.32. The largest absolute Gasteiger partial charge is 0.311 e. The molecule has 1 unspecified atom stereocenters. The van der Waals surface area contributed by atoms with E-state index in [0.29, 0.717) is 0 Å². The van der Waals surface area contributed by atoms with E-state index in [4.69, 9.17) is 11.6 Å². The van der Waals surface area contributed by atoms with Crippen molar-refractivity contribution in [3.05, 3.63) is 48.0 Å². The van der Waals surface area contributed by atoms with Gasteiger partial charge in [0.05, 0.1) is 5.38 Å². The maximum absolute atomic E-state index is 6.20. The molecule has 1 aromatic carbocycles. The van der Waals surface area contributed by atoms with Crippen LogP contribution in [-0.4, -0.2) is 13.1 Å². The zero-order chi connectivity index (χ0) is 10.2. The summed E-state index contributed by atoms with van der Waals surface area (Å²) in [5.74, 6) is 0. The van der Waals surface area contributed by atoms with Crippen molar-refractivity contribution >= 4 is 11.6 Å². The second-order valence-corrected chi connectivity index (χ2v) is 3.63. The molecule has 0 aromatic heterocycles. The van der Waals surface area contributed by atoms with E-state index in [9.17, 15) is 0 Å². The zero-order valence-electron chi connectivity index (χ0n) is 8.41. The second kappa shape index (κ2) is 6.63. The first-order chi connectivity index (χ1) is 6.84. The van der Waals surface area contributed by atoms with Gasteiger partial charge in [-0.2, -0.15) is 0 Å². The third-order valence-corrected chi connectivity index (χ3v) is 2.39. The number of alkyl halides is 1. The number of hydrogen-bond acceptors (Lipinski definition) is 1. The lowest BCUT2D eigenvalue weighted by Crippen LogP contribution is -2.18. The fourth-order valence-electron chi connectivity index (χ4n) is 1.19. The SMILES string of the molecule is C/C=C/CNCC(Cl)c1ccccc1. The van der Waals surface area contributed by atoms with E-state index < -0.39 is 0 Å². The third kappa shape index (κ3) is 3.95. The number of benzene rings is 1. The molecular weight excluding hydrogens is 194 g/mol. The van der Waals surface area contributed by atoms with Crippen LogP contribution < -0.4 is 5.32 Å². The number of nitrogens with one attached hydrogen (secondary N) is 1. The maximum atomic E-state index is 6.20. The third-order valence-electron chi connectivity index (χ3n) is 1.98. The van der Waals surface area contributed by atoms with Gasteiger partial charge in [0.15, 0.2) is 0 Å². The molecule has 2 heteroatoms. The van der Waals surface area contributed by atoms with Gasteiger partial charge >= 0.3 is 0 Å². The highest BCUT2D eigenvalue weighted by atomic mass is 35.5. The Hall–Kier alpha value is -0.790. The van der Waals surface area contributed by atoms with Crippen molar-refractivity contribution in [3.63, 3.8) is 0 Å². The molecular formula is C12H16ClN. The van der Waals surface area contributed by atoms with Gasteiger partial charge in [0.1, 0.15) is 0 Å². The van der Waals surface area contributed by atoms with Crippen LogP contribution in [0.3, 0.4) is 0 Å². The Bertz CT molecular complexity index is 269. The molecule has 1 nitrogen and oxygen atoms in total. The molecule has 0 aliphatic heterocycles. The van der Waals surface area contributed by atoms with E-state index in [1.54, 1.807) is 0 Å². The summed E-state index contributed by atoms with van der Waals surface area (Å²) < 4.78 is 0. The number of rotatable bonds is 5. The van der Waals surface area contributed by atoms with Gasteiger partial charge in [0, 0.05) is 13.1 Å². The van der Waals surface area contributed by atoms with E-state index in [1.165, 1.54) is 5.56 Å². The smallest absolute Gasteiger partial charge is 0.0709 e. The minimum Gasteiger partial charge on any atom is -0.311 e. The highest BCUT2D eigenvalue weighted by Crippen LogP contribution is 2.18. The van der Waals surface area contributed by atoms with E-state index in [2.05, 4.69) is 23.5 Å². The Kier molecular flexibility index (Phi) is 5.35. The lowest BCUT2D eigenvalue weighted by atomic mass is 10.1. The van der Waals surface area contributed by atoms with Crippen LogP contribution in [0.5, 0.6) is 0 Å². The Labute approximate surface area is 90.8 Å². The zero-order valence-corrected chi connectivity index (χ0v) is 9.17. The molecule has 0 amide bonds. The summed E-state index contributed by atoms with van der Waals surface area (Å²) in [6.07, 6.45) is 4.10. The quantitative estimate of drug-likeness (QED) is 0.447. The molecule has 14 heavy (non-hydrogen) atoms. The second-order valence-electron chi connectivity index (χ2n) is 3.11. The monoisotopic (exact) mass is 209 g/mol. The molecule has 0 radical (unpaired) electrons. The lowest BCUT2D eigenvalue weighted by molar-refractivity contribution is 0.728. The summed E-state index contributed by atoms with van der Waals surface area (Å²) in [7, 11) is 0. The van der Waals surface area contributed by atoms with Crippen molar-refractivity contribution in [2.45, 2.75) is 12.3 Å². The summed E-state index contributed by atoms with van der Waals surface area (Å²) in [6.45, 7) is 3.69. The van der Waals surface area contributed by atoms with Crippen LogP contribution in [0.25, 0.3) is 0 Å². The molecule has 0 heterocycles. The van der Waals surface area contributed by atoms with Crippen molar-refractivity contribution in [2.75, 3.05) is 13.1 Å². The summed E-state index contributed by atoms with van der Waals surface area (Å²) in [6, 6.07) is 10.1. The summed E-state index contributed by atoms with van der Waals surface area (Å²) >= 11 is 6.20. The van der Waals surface area contributed by atoms with Crippen molar-refractivity contribution in [1.82, 2.24) is 5.32 Å². The molecule has 0 aliphatic rings. The highest BCUT2D eigenvalue weighted by Gasteiger charge is 2.04. The van der Waals surface area contributed by atoms with Gasteiger partial charge in [-0.15, -0.1) is 11.6 Å². The number of hydrogen-bond donors (Lipinski definition) is 1. The van der Waals surface area contributed by atoms with Gasteiger partial charge in [-0.05, 0) is 12.5 Å². The molecule has 0 saturated carbocycles. The topological polar surface area (TPSA) is 12.0 Å². The van der Waals surface area contributed by atoms with Crippen LogP contribution in [0.15, 0.2) is 42.5 Å². The fraction of sp³-hybridized carbons (Fsp3) is 0.333. The average Bonchev–Trinajstić information content (AvgIpc) is 2.25. The number of halogens is 1. The highest BCUT2D eigenvalue weighted by molar-refractivity contribution is 6.21. The van der Waals surface area contributed by atoms with Crippen LogP contribution in [0, 0.1) is 0 Å². The van der Waals surface area contributed by atoms with E-state index >= 15 is 0 Å². The summed E-state index contributed by atoms with van der Waals surface area (Å²) in [5.41, 5.74) is 1.17. The molecule has 1 aromatic rings. The van der Waals surface area contributed by atoms with Crippen molar-refractivity contribution in [2.24, 2.45) is 0 Å². The van der Waals surface area contributed by atoms with Gasteiger partial charge in [0.2, 0.25) is 0 Å². The lowest BCUT2D eigenvalue weighted by Gasteiger charge is -2.09. The van der Waals surface area contributed by atoms with Crippen molar-refractivity contribution in [3.8, 4) is 0 Å². The standard InChI is InChI=1S/C12H16ClN/c1-2-3-9-14-10-12(13)11-7-5-4-6-8-11/h2-8,12,14H,9-10H2,1H3/b3-2+. The molecule has 0 bridgehead atoms. The molecule has 0 aliphatic carbocycles. The molecule has 0 fully saturated rings. The predicted molar refractivity (Wildman–Crippen MR) is 62.7 cm³/mol. The van der Waals surface area contributed by atoms with E-state index in [0.717, 1.165) is 13.1 Å². The Morgan fingerprint density at radius 1 is 1.36 bits per heavy atom. The molecule has 1 atom stereocenters. The minimum atomic E-state index is 0.0569. The molecule has 0 spiro atoms.